The van der Waals surface area contributed by atoms with Crippen LogP contribution in [0.2, 0.25) is 0 Å². The van der Waals surface area contributed by atoms with E-state index in [1.807, 2.05) is 6.26 Å². The van der Waals surface area contributed by atoms with Crippen LogP contribution in [0.25, 0.3) is 9.69 Å². The predicted octanol–water partition coefficient (Wildman–Crippen LogP) is 2.22. The first kappa shape index (κ1) is 45.0. The zero-order valence-electron chi connectivity index (χ0n) is 24.7. The van der Waals surface area contributed by atoms with Gasteiger partial charge in [-0.25, -0.2) is 21.2 Å². The summed E-state index contributed by atoms with van der Waals surface area (Å²) in [5.41, 5.74) is 3.73. The van der Waals surface area contributed by atoms with E-state index < -0.39 is 46.4 Å². The predicted molar refractivity (Wildman–Crippen MR) is 167 cm³/mol. The summed E-state index contributed by atoms with van der Waals surface area (Å²) in [6.45, 7) is 23.7. The maximum Gasteiger partial charge on any atom is 1.00 e. The molecule has 4 N–H and O–H groups in total. The number of thiocarbonyl (C=S) groups is 1. The van der Waals surface area contributed by atoms with E-state index in [-0.39, 0.29) is 68.0 Å². The fraction of sp³-hybridized carbons (Fsp3) is 0.500. The summed E-state index contributed by atoms with van der Waals surface area (Å²) >= 11 is 13.6. The smallest absolute Gasteiger partial charge is 0.522 e. The van der Waals surface area contributed by atoms with Crippen LogP contribution in [0.4, 0.5) is 5.82 Å². The summed E-state index contributed by atoms with van der Waals surface area (Å²) in [7, 11) is 0. The van der Waals surface area contributed by atoms with Crippen LogP contribution in [-0.2, 0) is 19.1 Å². The number of thiazole rings is 1. The molecule has 1 rings (SSSR count). The van der Waals surface area contributed by atoms with Crippen molar-refractivity contribution in [2.45, 2.75) is 63.1 Å². The number of rotatable bonds is 6. The molecular weight excluding hydrogens is 671 g/mol. The maximum absolute atomic E-state index is 12.2. The van der Waals surface area contributed by atoms with Gasteiger partial charge in [-0.1, -0.05) is 35.7 Å². The number of anilines is 1. The van der Waals surface area contributed by atoms with Gasteiger partial charge in [-0.05, 0) is 54.1 Å². The number of esters is 2. The number of hydrogen-bond donors (Lipinski definition) is 3. The summed E-state index contributed by atoms with van der Waals surface area (Å²) < 4.78 is 11.1. The third-order valence-electron chi connectivity index (χ3n) is 3.49. The van der Waals surface area contributed by atoms with Crippen molar-refractivity contribution in [2.24, 2.45) is 0 Å². The molecule has 42 heavy (non-hydrogen) atoms. The van der Waals surface area contributed by atoms with Gasteiger partial charge >= 0.3 is 75.1 Å². The zero-order valence-corrected chi connectivity index (χ0v) is 31.8. The Morgan fingerprint density at radius 2 is 1.74 bits per heavy atom. The fourth-order valence-electron chi connectivity index (χ4n) is 1.99. The van der Waals surface area contributed by atoms with Gasteiger partial charge in [0.15, 0.2) is 10.5 Å². The van der Waals surface area contributed by atoms with Crippen molar-refractivity contribution in [1.82, 2.24) is 10.3 Å². The number of halogens is 1. The Bertz CT molecular complexity index is 1260. The number of nitriles is 1. The fourth-order valence-corrected chi connectivity index (χ4v) is 3.76. The first-order valence-corrected chi connectivity index (χ1v) is 15.3. The normalized spacial score (nSPS) is 11.4. The van der Waals surface area contributed by atoms with Crippen LogP contribution < -0.4 is 62.4 Å². The molecule has 0 aliphatic rings. The molecule has 0 saturated heterocycles. The molecule has 0 aromatic carbocycles. The summed E-state index contributed by atoms with van der Waals surface area (Å²) in [4.78, 5) is 45.4. The number of aromatic nitrogens is 1. The molecule has 0 saturated carbocycles. The van der Waals surface area contributed by atoms with E-state index in [1.54, 1.807) is 54.0 Å². The minimum Gasteiger partial charge on any atom is -0.522 e. The summed E-state index contributed by atoms with van der Waals surface area (Å²) in [6, 6.07) is -1.54. The molecule has 18 heteroatoms. The van der Waals surface area contributed by atoms with E-state index in [2.05, 4.69) is 32.2 Å². The van der Waals surface area contributed by atoms with Crippen molar-refractivity contribution >= 4 is 86.5 Å². The number of nitrogens with two attached hydrogens (primary N) is 1. The van der Waals surface area contributed by atoms with Gasteiger partial charge in [-0.2, -0.15) is 5.26 Å². The molecule has 0 aliphatic heterocycles. The molecule has 0 radical (unpaired) electrons. The molecule has 0 fully saturated rings. The van der Waals surface area contributed by atoms with Crippen LogP contribution in [0, 0.1) is 24.6 Å². The number of aliphatic hydroxyl groups excluding tert-OH is 1. The molecule has 1 heterocycles. The number of nitrogens with one attached hydrogen (secondary N) is 1. The van der Waals surface area contributed by atoms with E-state index in [0.717, 1.165) is 11.3 Å². The van der Waals surface area contributed by atoms with Crippen LogP contribution in [0.3, 0.4) is 0 Å². The van der Waals surface area contributed by atoms with Gasteiger partial charge < -0.3 is 20.3 Å². The topological polar surface area (TPSA) is 173 Å². The second kappa shape index (κ2) is 22.1. The Morgan fingerprint density at radius 1 is 1.21 bits per heavy atom. The Kier molecular flexibility index (Phi) is 23.7. The first-order valence-electron chi connectivity index (χ1n) is 11.1. The molecule has 224 valence electrons. The molecule has 1 aromatic heterocycles. The summed E-state index contributed by atoms with van der Waals surface area (Å²) in [5.74, 6) is -3.08. The number of nitrogens with zero attached hydrogens (tertiary/aromatic N) is 4. The Hall–Kier alpha value is -1.43. The summed E-state index contributed by atoms with van der Waals surface area (Å²) in [6.07, 6.45) is 5.32. The minimum absolute atomic E-state index is 0. The van der Waals surface area contributed by atoms with Crippen LogP contribution >= 0.6 is 58.7 Å². The molecule has 0 spiro atoms. The molecule has 0 bridgehead atoms. The molecule has 12 nitrogen and oxygen atoms in total. The number of nitrogen functional groups attached to an aromatic ring is 1. The average Bonchev–Trinajstić information content (AvgIpc) is 3.24. The van der Waals surface area contributed by atoms with Gasteiger partial charge in [0, 0.05) is 0 Å². The molecule has 1 aromatic rings. The van der Waals surface area contributed by atoms with Crippen LogP contribution in [0.15, 0.2) is 15.8 Å². The van der Waals surface area contributed by atoms with Gasteiger partial charge in [-0.15, -0.1) is 22.9 Å². The van der Waals surface area contributed by atoms with Gasteiger partial charge in [0.1, 0.15) is 32.0 Å². The van der Waals surface area contributed by atoms with Crippen LogP contribution in [-0.4, -0.2) is 67.8 Å². The third kappa shape index (κ3) is 19.0. The van der Waals surface area contributed by atoms with Gasteiger partial charge in [-0.3, -0.25) is 19.8 Å². The quantitative estimate of drug-likeness (QED) is 0.0321. The molecule has 1 atom stereocenters. The van der Waals surface area contributed by atoms with Gasteiger partial charge in [0.2, 0.25) is 0 Å². The van der Waals surface area contributed by atoms with Crippen LogP contribution in [0.1, 0.15) is 51.2 Å². The average molecular weight is 702 g/mol. The van der Waals surface area contributed by atoms with E-state index in [1.165, 1.54) is 23.5 Å². The van der Waals surface area contributed by atoms with E-state index in [0.29, 0.717) is 8.66 Å². The minimum atomic E-state index is -1.54. The largest absolute Gasteiger partial charge is 1.00 e. The van der Waals surface area contributed by atoms with Gasteiger partial charge in [0.25, 0.3) is 5.78 Å². The van der Waals surface area contributed by atoms with E-state index >= 15 is 0 Å². The van der Waals surface area contributed by atoms with Gasteiger partial charge in [0.05, 0.1) is 12.5 Å². The first-order chi connectivity index (χ1) is 18.8. The monoisotopic (exact) mass is 701 g/mol. The second-order valence-corrected chi connectivity index (χ2v) is 12.9. The van der Waals surface area contributed by atoms with E-state index in [9.17, 15) is 14.4 Å². The van der Waals surface area contributed by atoms with Crippen LogP contribution in [0.5, 0.6) is 0 Å². The summed E-state index contributed by atoms with van der Waals surface area (Å²) in [5, 5.41) is 19.3. The second-order valence-electron chi connectivity index (χ2n) is 9.10. The van der Waals surface area contributed by atoms with Crippen molar-refractivity contribution in [2.75, 3.05) is 24.1 Å². The van der Waals surface area contributed by atoms with Crippen molar-refractivity contribution in [3.8, 4) is 6.19 Å². The number of carbonyl (C=O) groups is 3. The van der Waals surface area contributed by atoms with Crippen molar-refractivity contribution in [1.29, 1.82) is 5.26 Å². The van der Waals surface area contributed by atoms with Crippen molar-refractivity contribution in [3.63, 3.8) is 0 Å². The number of alkyl halides is 1. The number of Topliss-reactive ketones (excluding diaryl/α,β-unsaturated/α-hetero) is 1. The number of hydrogen-bond acceptors (Lipinski definition) is 13. The molecule has 0 amide bonds. The van der Waals surface area contributed by atoms with Crippen molar-refractivity contribution < 1.29 is 80.3 Å². The number of allylic oxidation sites excluding steroid dienone is 1. The number of aliphatic hydroxyl groups is 1. The zero-order chi connectivity index (χ0) is 32.6. The third-order valence-corrected chi connectivity index (χ3v) is 6.89. The molecular formula is C24H31ClKN6O6S4+. The standard InChI is InChI=1S/C12H15N3O3S2.C9H12ClNO3.C3H4N2S2.K/c1-12(2,3)18-10(17)6(14-4)7(16)8-9(13)15-11(19-5)20-8;1-9(2,3)14-8(13)7(11-4)6(12)5-10;1-7-3(6)5-2-4;/h6H,13H2,1-3,5H3;12H,5H2,1-3H3;1H3,(H,5,6);/q;;;+1/b;7-6+;;. The molecule has 1 unspecified atom stereocenters. The number of ether oxygens (including phenoxy) is 2. The number of carbonyl (C=O) groups excluding carboxylic acids is 3. The number of ketones is 1. The number of thioether (sulfide) groups is 2. The maximum atomic E-state index is 12.2. The SMILES string of the molecule is CSC(=S)NC#N.[C-]#[N+]/C(C(=O)OC(C)(C)C)=C(/O)CCl.[C-]#[N+]C(C(=O)OC(C)(C)C)C(=O)c1sc(SC)nc1N.[K+]. The van der Waals surface area contributed by atoms with E-state index in [4.69, 9.17) is 50.3 Å². The Morgan fingerprint density at radius 3 is 2.05 bits per heavy atom. The molecule has 0 aliphatic carbocycles. The Labute approximate surface area is 311 Å². The van der Waals surface area contributed by atoms with Crippen molar-refractivity contribution in [3.05, 3.63) is 39.2 Å². The Balaban J connectivity index is -0.000000602.